The van der Waals surface area contributed by atoms with E-state index >= 15 is 0 Å². The highest BCUT2D eigenvalue weighted by Gasteiger charge is 2.20. The minimum absolute atomic E-state index is 0.123. The van der Waals surface area contributed by atoms with Crippen LogP contribution in [0.2, 0.25) is 0 Å². The fourth-order valence-corrected chi connectivity index (χ4v) is 1.63. The van der Waals surface area contributed by atoms with Gasteiger partial charge in [0.1, 0.15) is 0 Å². The van der Waals surface area contributed by atoms with Crippen molar-refractivity contribution < 1.29 is 4.79 Å². The van der Waals surface area contributed by atoms with Crippen molar-refractivity contribution in [3.63, 3.8) is 0 Å². The Labute approximate surface area is 96.0 Å². The molecule has 0 unspecified atom stereocenters. The third-order valence-electron chi connectivity index (χ3n) is 2.42. The zero-order chi connectivity index (χ0) is 12.3. The lowest BCUT2D eigenvalue weighted by Gasteiger charge is -2.18. The van der Waals surface area contributed by atoms with E-state index in [1.54, 1.807) is 11.9 Å². The van der Waals surface area contributed by atoms with Crippen molar-refractivity contribution in [2.24, 2.45) is 5.92 Å². The number of aryl methyl sites for hydroxylation is 1. The Kier molecular flexibility index (Phi) is 3.93. The monoisotopic (exact) mass is 224 g/mol. The number of nitrogens with two attached hydrogens (primary N) is 1. The van der Waals surface area contributed by atoms with Gasteiger partial charge in [-0.2, -0.15) is 5.10 Å². The van der Waals surface area contributed by atoms with Crippen molar-refractivity contribution >= 4 is 11.6 Å². The highest BCUT2D eigenvalue weighted by Crippen LogP contribution is 2.16. The molecule has 0 spiro atoms. The van der Waals surface area contributed by atoms with Crippen LogP contribution in [0.5, 0.6) is 0 Å². The second kappa shape index (κ2) is 5.01. The van der Waals surface area contributed by atoms with E-state index in [4.69, 9.17) is 5.73 Å². The molecule has 0 aromatic carbocycles. The second-order valence-electron chi connectivity index (χ2n) is 4.40. The molecule has 3 N–H and O–H groups in total. The molecule has 1 amide bonds. The molecule has 5 nitrogen and oxygen atoms in total. The largest absolute Gasteiger partial charge is 0.395 e. The summed E-state index contributed by atoms with van der Waals surface area (Å²) < 4.78 is 0. The van der Waals surface area contributed by atoms with Crippen molar-refractivity contribution in [3.8, 4) is 0 Å². The number of nitrogens with zero attached hydrogens (tertiary/aromatic N) is 2. The van der Waals surface area contributed by atoms with E-state index in [1.807, 2.05) is 6.92 Å². The maximum absolute atomic E-state index is 12.0. The van der Waals surface area contributed by atoms with E-state index < -0.39 is 0 Å². The van der Waals surface area contributed by atoms with Crippen LogP contribution in [0.3, 0.4) is 0 Å². The Morgan fingerprint density at radius 3 is 2.62 bits per heavy atom. The van der Waals surface area contributed by atoms with Crippen LogP contribution in [0.1, 0.15) is 37.0 Å². The van der Waals surface area contributed by atoms with Gasteiger partial charge < -0.3 is 10.6 Å². The van der Waals surface area contributed by atoms with E-state index in [0.717, 1.165) is 12.1 Å². The van der Waals surface area contributed by atoms with Gasteiger partial charge >= 0.3 is 0 Å². The van der Waals surface area contributed by atoms with Gasteiger partial charge in [0.05, 0.1) is 11.4 Å². The molecule has 0 aliphatic carbocycles. The van der Waals surface area contributed by atoms with Crippen LogP contribution in [0.15, 0.2) is 0 Å². The van der Waals surface area contributed by atoms with Crippen molar-refractivity contribution in [2.75, 3.05) is 19.3 Å². The van der Waals surface area contributed by atoms with Crippen LogP contribution < -0.4 is 5.73 Å². The Morgan fingerprint density at radius 2 is 2.19 bits per heavy atom. The summed E-state index contributed by atoms with van der Waals surface area (Å²) in [4.78, 5) is 13.6. The number of hydrogen-bond acceptors (Lipinski definition) is 3. The lowest BCUT2D eigenvalue weighted by molar-refractivity contribution is 0.0774. The quantitative estimate of drug-likeness (QED) is 0.809. The van der Waals surface area contributed by atoms with E-state index in [1.165, 1.54) is 0 Å². The number of nitrogens with one attached hydrogen (secondary N) is 1. The molecule has 1 aromatic rings. The Bertz CT molecular complexity index is 370. The number of hydrogen-bond donors (Lipinski definition) is 2. The Hall–Kier alpha value is -1.52. The van der Waals surface area contributed by atoms with Gasteiger partial charge in [-0.15, -0.1) is 0 Å². The average molecular weight is 224 g/mol. The topological polar surface area (TPSA) is 75.0 Å². The molecule has 1 rings (SSSR count). The molecular formula is C11H20N4O. The van der Waals surface area contributed by atoms with Gasteiger partial charge in [-0.1, -0.05) is 20.8 Å². The van der Waals surface area contributed by atoms with Crippen LogP contribution in [0, 0.1) is 5.92 Å². The normalized spacial score (nSPS) is 10.8. The first-order valence-electron chi connectivity index (χ1n) is 5.55. The summed E-state index contributed by atoms with van der Waals surface area (Å²) in [5.74, 6) is 0.307. The maximum atomic E-state index is 12.0. The minimum atomic E-state index is -0.123. The molecule has 0 aliphatic heterocycles. The molecule has 0 saturated carbocycles. The molecule has 0 atom stereocenters. The summed E-state index contributed by atoms with van der Waals surface area (Å²) in [6, 6.07) is 0. The molecule has 0 aliphatic rings. The van der Waals surface area contributed by atoms with Gasteiger partial charge in [-0.25, -0.2) is 0 Å². The van der Waals surface area contributed by atoms with Crippen molar-refractivity contribution in [3.05, 3.63) is 11.4 Å². The van der Waals surface area contributed by atoms with Crippen LogP contribution in [-0.2, 0) is 6.42 Å². The Balaban J connectivity index is 2.84. The third-order valence-corrected chi connectivity index (χ3v) is 2.42. The number of aromatic amines is 1. The third kappa shape index (κ3) is 2.53. The zero-order valence-electron chi connectivity index (χ0n) is 10.4. The number of rotatable bonds is 4. The number of carbonyl (C=O) groups excluding carboxylic acids is 1. The van der Waals surface area contributed by atoms with Gasteiger partial charge in [0.2, 0.25) is 0 Å². The SMILES string of the molecule is CCc1[nH]nc(C(=O)N(C)CC(C)C)c1N. The maximum Gasteiger partial charge on any atom is 0.276 e. The van der Waals surface area contributed by atoms with Crippen molar-refractivity contribution in [1.29, 1.82) is 0 Å². The first-order valence-corrected chi connectivity index (χ1v) is 5.55. The fourth-order valence-electron chi connectivity index (χ4n) is 1.63. The molecule has 0 bridgehead atoms. The van der Waals surface area contributed by atoms with E-state index in [9.17, 15) is 4.79 Å². The van der Waals surface area contributed by atoms with Crippen LogP contribution in [-0.4, -0.2) is 34.6 Å². The first-order chi connectivity index (χ1) is 7.47. The molecule has 0 fully saturated rings. The van der Waals surface area contributed by atoms with Crippen molar-refractivity contribution in [1.82, 2.24) is 15.1 Å². The number of carbonyl (C=O) groups is 1. The molecular weight excluding hydrogens is 204 g/mol. The highest BCUT2D eigenvalue weighted by atomic mass is 16.2. The molecule has 1 heterocycles. The lowest BCUT2D eigenvalue weighted by Crippen LogP contribution is -2.31. The summed E-state index contributed by atoms with van der Waals surface area (Å²) >= 11 is 0. The highest BCUT2D eigenvalue weighted by molar-refractivity contribution is 5.97. The molecule has 1 aromatic heterocycles. The predicted octanol–water partition coefficient (Wildman–Crippen LogP) is 1.28. The summed E-state index contributed by atoms with van der Waals surface area (Å²) in [5, 5.41) is 6.76. The predicted molar refractivity (Wildman–Crippen MR) is 64.2 cm³/mol. The summed E-state index contributed by atoms with van der Waals surface area (Å²) in [7, 11) is 1.77. The van der Waals surface area contributed by atoms with E-state index in [0.29, 0.717) is 23.8 Å². The van der Waals surface area contributed by atoms with Crippen LogP contribution >= 0.6 is 0 Å². The van der Waals surface area contributed by atoms with E-state index in [-0.39, 0.29) is 5.91 Å². The minimum Gasteiger partial charge on any atom is -0.395 e. The van der Waals surface area contributed by atoms with Crippen LogP contribution in [0.25, 0.3) is 0 Å². The first kappa shape index (κ1) is 12.5. The lowest BCUT2D eigenvalue weighted by atomic mass is 10.2. The van der Waals surface area contributed by atoms with Gasteiger partial charge in [-0.05, 0) is 12.3 Å². The van der Waals surface area contributed by atoms with Gasteiger partial charge in [0.25, 0.3) is 5.91 Å². The van der Waals surface area contributed by atoms with Crippen LogP contribution in [0.4, 0.5) is 5.69 Å². The molecule has 5 heteroatoms. The van der Waals surface area contributed by atoms with Gasteiger partial charge in [0.15, 0.2) is 5.69 Å². The molecule has 90 valence electrons. The summed E-state index contributed by atoms with van der Waals surface area (Å²) in [5.41, 5.74) is 7.47. The average Bonchev–Trinajstić information content (AvgIpc) is 2.57. The molecule has 0 radical (unpaired) electrons. The zero-order valence-corrected chi connectivity index (χ0v) is 10.4. The van der Waals surface area contributed by atoms with Gasteiger partial charge in [0, 0.05) is 13.6 Å². The fraction of sp³-hybridized carbons (Fsp3) is 0.636. The number of amides is 1. The molecule has 0 saturated heterocycles. The second-order valence-corrected chi connectivity index (χ2v) is 4.40. The summed E-state index contributed by atoms with van der Waals surface area (Å²) in [6.07, 6.45) is 0.750. The summed E-state index contributed by atoms with van der Waals surface area (Å²) in [6.45, 7) is 6.80. The number of nitrogen functional groups attached to an aromatic ring is 1. The Morgan fingerprint density at radius 1 is 1.56 bits per heavy atom. The van der Waals surface area contributed by atoms with Crippen molar-refractivity contribution in [2.45, 2.75) is 27.2 Å². The standard InChI is InChI=1S/C11H20N4O/c1-5-8-9(12)10(14-13-8)11(16)15(4)6-7(2)3/h7H,5-6,12H2,1-4H3,(H,13,14). The smallest absolute Gasteiger partial charge is 0.276 e. The number of anilines is 1. The van der Waals surface area contributed by atoms with Gasteiger partial charge in [-0.3, -0.25) is 9.89 Å². The number of H-pyrrole nitrogens is 1. The van der Waals surface area contributed by atoms with E-state index in [2.05, 4.69) is 24.0 Å². The molecule has 16 heavy (non-hydrogen) atoms. The number of aromatic nitrogens is 2.